The highest BCUT2D eigenvalue weighted by Crippen LogP contribution is 2.37. The van der Waals surface area contributed by atoms with Crippen molar-refractivity contribution in [3.05, 3.63) is 47.6 Å². The third-order valence-electron chi connectivity index (χ3n) is 8.06. The fourth-order valence-electron chi connectivity index (χ4n) is 5.82. The minimum Gasteiger partial charge on any atom is -0.465 e. The van der Waals surface area contributed by atoms with Crippen LogP contribution in [0.3, 0.4) is 0 Å². The molecular formula is C29H28ClFN8O3. The van der Waals surface area contributed by atoms with Crippen LogP contribution in [-0.2, 0) is 0 Å². The van der Waals surface area contributed by atoms with Gasteiger partial charge in [-0.25, -0.2) is 9.18 Å². The minimum atomic E-state index is -1.09. The summed E-state index contributed by atoms with van der Waals surface area (Å²) in [5.41, 5.74) is 0.482. The van der Waals surface area contributed by atoms with Crippen LogP contribution in [-0.4, -0.2) is 92.9 Å². The number of likely N-dealkylation sites (N-methyl/N-ethyl adjacent to an activating group) is 1. The molecule has 0 radical (unpaired) electrons. The summed E-state index contributed by atoms with van der Waals surface area (Å²) in [5, 5.41) is 21.2. The quantitative estimate of drug-likeness (QED) is 0.340. The van der Waals surface area contributed by atoms with E-state index >= 15 is 4.39 Å². The van der Waals surface area contributed by atoms with Crippen molar-refractivity contribution in [2.24, 2.45) is 0 Å². The van der Waals surface area contributed by atoms with Gasteiger partial charge in [0.1, 0.15) is 23.6 Å². The van der Waals surface area contributed by atoms with Crippen molar-refractivity contribution in [1.82, 2.24) is 29.7 Å². The number of likely N-dealkylation sites (tertiary alicyclic amines) is 1. The molecule has 2 fully saturated rings. The zero-order valence-corrected chi connectivity index (χ0v) is 23.6. The highest BCUT2D eigenvalue weighted by atomic mass is 35.5. The molecule has 2 saturated heterocycles. The topological polar surface area (TPSA) is 132 Å². The van der Waals surface area contributed by atoms with Crippen LogP contribution in [0, 0.1) is 17.1 Å². The number of nitrogens with zero attached hydrogens (tertiary/aromatic N) is 8. The summed E-state index contributed by atoms with van der Waals surface area (Å²) in [6.45, 7) is 1.95. The lowest BCUT2D eigenvalue weighted by Crippen LogP contribution is -2.55. The van der Waals surface area contributed by atoms with Crippen LogP contribution in [0.2, 0.25) is 5.02 Å². The van der Waals surface area contributed by atoms with Gasteiger partial charge >= 0.3 is 12.1 Å². The van der Waals surface area contributed by atoms with Gasteiger partial charge in [0.05, 0.1) is 23.9 Å². The molecule has 42 heavy (non-hydrogen) atoms. The zero-order valence-electron chi connectivity index (χ0n) is 22.9. The maximum Gasteiger partial charge on any atom is 0.407 e. The van der Waals surface area contributed by atoms with E-state index in [0.717, 1.165) is 24.8 Å². The molecule has 2 atom stereocenters. The molecule has 11 nitrogen and oxygen atoms in total. The molecule has 0 aliphatic carbocycles. The van der Waals surface area contributed by atoms with Crippen LogP contribution >= 0.6 is 11.6 Å². The molecule has 0 spiro atoms. The standard InChI is InChI=1S/C29H28ClFN8O3/c1-37-9-3-5-19(37)16-42-28-35-26-21(27(36-28)38-10-11-39(29(40)41)18(15-38)7-8-32)14-34-25(24(26)31)20-13-33-12-17-4-2-6-22(30)23(17)20/h2,4,6,12-14,18-19H,3,5,7,9-11,15-16H2,1H3,(H,40,41). The van der Waals surface area contributed by atoms with E-state index in [-0.39, 0.29) is 49.3 Å². The lowest BCUT2D eigenvalue weighted by atomic mass is 10.0. The molecule has 2 aliphatic rings. The summed E-state index contributed by atoms with van der Waals surface area (Å²) < 4.78 is 22.5. The fourth-order valence-corrected chi connectivity index (χ4v) is 6.11. The average Bonchev–Trinajstić information content (AvgIpc) is 3.40. The second-order valence-electron chi connectivity index (χ2n) is 10.6. The van der Waals surface area contributed by atoms with Crippen LogP contribution in [0.15, 0.2) is 36.8 Å². The van der Waals surface area contributed by atoms with Gasteiger partial charge in [-0.15, -0.1) is 0 Å². The molecule has 0 saturated carbocycles. The number of fused-ring (bicyclic) bond motifs is 2. The molecule has 0 bridgehead atoms. The lowest BCUT2D eigenvalue weighted by molar-refractivity contribution is 0.119. The fraction of sp³-hybridized carbons (Fsp3) is 0.379. The molecule has 1 N–H and O–H groups in total. The van der Waals surface area contributed by atoms with E-state index in [4.69, 9.17) is 16.3 Å². The van der Waals surface area contributed by atoms with E-state index in [2.05, 4.69) is 30.9 Å². The molecule has 1 aromatic carbocycles. The van der Waals surface area contributed by atoms with Gasteiger partial charge in [-0.05, 0) is 32.5 Å². The first-order valence-electron chi connectivity index (χ1n) is 13.7. The van der Waals surface area contributed by atoms with Crippen molar-refractivity contribution in [1.29, 1.82) is 5.26 Å². The first-order valence-corrected chi connectivity index (χ1v) is 14.1. The number of benzene rings is 1. The maximum absolute atomic E-state index is 16.5. The number of carbonyl (C=O) groups is 1. The monoisotopic (exact) mass is 590 g/mol. The number of carboxylic acid groups (broad SMARTS) is 1. The highest BCUT2D eigenvalue weighted by Gasteiger charge is 2.33. The summed E-state index contributed by atoms with van der Waals surface area (Å²) in [7, 11) is 2.03. The van der Waals surface area contributed by atoms with Gasteiger partial charge < -0.3 is 24.5 Å². The van der Waals surface area contributed by atoms with Crippen molar-refractivity contribution in [2.45, 2.75) is 31.3 Å². The number of ether oxygens (including phenoxy) is 1. The first-order chi connectivity index (χ1) is 20.4. The molecular weight excluding hydrogens is 563 g/mol. The number of hydrogen-bond donors (Lipinski definition) is 1. The molecule has 6 rings (SSSR count). The van der Waals surface area contributed by atoms with E-state index in [1.54, 1.807) is 18.3 Å². The van der Waals surface area contributed by atoms with Crippen molar-refractivity contribution in [2.75, 3.05) is 44.7 Å². The van der Waals surface area contributed by atoms with E-state index in [9.17, 15) is 15.2 Å². The summed E-state index contributed by atoms with van der Waals surface area (Å²) in [4.78, 5) is 35.0. The van der Waals surface area contributed by atoms with Crippen molar-refractivity contribution in [3.63, 3.8) is 0 Å². The van der Waals surface area contributed by atoms with Gasteiger partial charge in [0.15, 0.2) is 5.82 Å². The average molecular weight is 591 g/mol. The molecule has 2 aliphatic heterocycles. The second kappa shape index (κ2) is 11.5. The smallest absolute Gasteiger partial charge is 0.407 e. The number of anilines is 1. The van der Waals surface area contributed by atoms with Gasteiger partial charge in [-0.1, -0.05) is 23.7 Å². The molecule has 13 heteroatoms. The minimum absolute atomic E-state index is 0.00872. The van der Waals surface area contributed by atoms with Crippen LogP contribution in [0.25, 0.3) is 32.9 Å². The maximum atomic E-state index is 16.5. The third kappa shape index (κ3) is 5.10. The molecule has 5 heterocycles. The van der Waals surface area contributed by atoms with Crippen LogP contribution in [0.4, 0.5) is 15.0 Å². The Labute approximate surface area is 246 Å². The Morgan fingerprint density at radius 3 is 2.83 bits per heavy atom. The lowest BCUT2D eigenvalue weighted by Gasteiger charge is -2.39. The Morgan fingerprint density at radius 1 is 1.21 bits per heavy atom. The van der Waals surface area contributed by atoms with Crippen LogP contribution in [0.5, 0.6) is 6.01 Å². The Balaban J connectivity index is 1.46. The number of halogens is 2. The number of piperazine rings is 1. The largest absolute Gasteiger partial charge is 0.465 e. The van der Waals surface area contributed by atoms with E-state index in [1.807, 2.05) is 18.0 Å². The van der Waals surface area contributed by atoms with E-state index in [1.165, 1.54) is 17.3 Å². The summed E-state index contributed by atoms with van der Waals surface area (Å²) in [6, 6.07) is 7.07. The van der Waals surface area contributed by atoms with Crippen LogP contribution < -0.4 is 9.64 Å². The number of rotatable bonds is 6. The Bertz CT molecular complexity index is 1710. The summed E-state index contributed by atoms with van der Waals surface area (Å²) in [6.07, 6.45) is 5.65. The molecule has 4 aromatic rings. The van der Waals surface area contributed by atoms with E-state index < -0.39 is 18.0 Å². The predicted molar refractivity (Wildman–Crippen MR) is 155 cm³/mol. The normalized spacial score (nSPS) is 19.4. The van der Waals surface area contributed by atoms with Crippen molar-refractivity contribution < 1.29 is 19.0 Å². The van der Waals surface area contributed by atoms with Gasteiger partial charge in [0.2, 0.25) is 0 Å². The van der Waals surface area contributed by atoms with Crippen molar-refractivity contribution in [3.8, 4) is 23.3 Å². The van der Waals surface area contributed by atoms with Crippen molar-refractivity contribution >= 4 is 45.2 Å². The number of pyridine rings is 2. The Kier molecular flexibility index (Phi) is 7.62. The third-order valence-corrected chi connectivity index (χ3v) is 8.38. The summed E-state index contributed by atoms with van der Waals surface area (Å²) >= 11 is 6.52. The highest BCUT2D eigenvalue weighted by molar-refractivity contribution is 6.36. The number of amides is 1. The second-order valence-corrected chi connectivity index (χ2v) is 11.0. The predicted octanol–water partition coefficient (Wildman–Crippen LogP) is 4.59. The summed E-state index contributed by atoms with van der Waals surface area (Å²) in [5.74, 6) is -0.305. The SMILES string of the molecule is CN1CCCC1COc1nc(N2CCN(C(=O)O)C(CC#N)C2)c2cnc(-c3cncc4cccc(Cl)c34)c(F)c2n1. The number of nitriles is 1. The van der Waals surface area contributed by atoms with Crippen LogP contribution in [0.1, 0.15) is 19.3 Å². The number of aromatic nitrogens is 4. The Hall–Kier alpha value is -4.34. The van der Waals surface area contributed by atoms with Gasteiger partial charge in [0, 0.05) is 65.6 Å². The molecule has 1 amide bonds. The number of hydrogen-bond acceptors (Lipinski definition) is 9. The van der Waals surface area contributed by atoms with E-state index in [0.29, 0.717) is 33.8 Å². The molecule has 216 valence electrons. The zero-order chi connectivity index (χ0) is 29.4. The molecule has 3 aromatic heterocycles. The Morgan fingerprint density at radius 2 is 2.07 bits per heavy atom. The van der Waals surface area contributed by atoms with Gasteiger partial charge in [-0.3, -0.25) is 9.97 Å². The van der Waals surface area contributed by atoms with Gasteiger partial charge in [0.25, 0.3) is 0 Å². The molecule has 2 unspecified atom stereocenters. The first kappa shape index (κ1) is 27.8. The van der Waals surface area contributed by atoms with Gasteiger partial charge in [-0.2, -0.15) is 15.2 Å².